The quantitative estimate of drug-likeness (QED) is 0.0939. The van der Waals surface area contributed by atoms with Crippen molar-refractivity contribution in [2.75, 3.05) is 0 Å². The van der Waals surface area contributed by atoms with Crippen molar-refractivity contribution in [1.82, 2.24) is 30.0 Å². The first-order valence-corrected chi connectivity index (χ1v) is 18.2. The van der Waals surface area contributed by atoms with Crippen LogP contribution in [0, 0.1) is 11.8 Å². The van der Waals surface area contributed by atoms with Crippen molar-refractivity contribution in [2.24, 2.45) is 11.8 Å². The Labute approximate surface area is 418 Å². The number of carbonyl (C=O) groups is 3. The zero-order valence-electron chi connectivity index (χ0n) is 30.3. The number of hydrogen-bond donors (Lipinski definition) is 2. The average molecular weight is 841 g/mol. The Kier molecular flexibility index (Phi) is 19.0. The summed E-state index contributed by atoms with van der Waals surface area (Å²) in [5, 5.41) is 37.6. The van der Waals surface area contributed by atoms with Crippen molar-refractivity contribution in [3.05, 3.63) is 141 Å². The number of rotatable bonds is 18. The second-order valence-electron chi connectivity index (χ2n) is 13.3. The minimum absolute atomic E-state index is 0. The van der Waals surface area contributed by atoms with Gasteiger partial charge in [0.25, 0.3) is 11.1 Å². The Morgan fingerprint density at radius 1 is 0.534 bits per heavy atom. The van der Waals surface area contributed by atoms with Crippen molar-refractivity contribution in [2.45, 2.75) is 63.8 Å². The molecule has 17 heteroatoms. The van der Waals surface area contributed by atoms with Crippen LogP contribution in [0.4, 0.5) is 4.79 Å². The van der Waals surface area contributed by atoms with Crippen molar-refractivity contribution in [3.63, 3.8) is 0 Å². The molecular weight excluding hydrogens is 799 g/mol. The van der Waals surface area contributed by atoms with E-state index >= 15 is 0 Å². The van der Waals surface area contributed by atoms with Crippen LogP contribution in [-0.4, -0.2) is 173 Å². The van der Waals surface area contributed by atoms with Gasteiger partial charge >= 0.3 is 121 Å². The minimum atomic E-state index is -1.30. The van der Waals surface area contributed by atoms with Gasteiger partial charge in [-0.1, -0.05) is 95.4 Å². The molecule has 58 heavy (non-hydrogen) atoms. The predicted octanol–water partition coefficient (Wildman–Crippen LogP) is 3.64. The number of carboxylic acid groups (broad SMARTS) is 2. The third-order valence-corrected chi connectivity index (χ3v) is 9.71. The van der Waals surface area contributed by atoms with Gasteiger partial charge in [0.15, 0.2) is 0 Å². The fourth-order valence-corrected chi connectivity index (χ4v) is 6.67. The first kappa shape index (κ1) is 47.2. The van der Waals surface area contributed by atoms with Crippen molar-refractivity contribution in [3.8, 4) is 0 Å². The molecule has 6 aromatic rings. The van der Waals surface area contributed by atoms with Crippen molar-refractivity contribution < 1.29 is 34.1 Å². The number of nitrogens with zero attached hydrogens (tertiary/aromatic N) is 6. The number of carbonyl (C=O) groups excluding carboxylic acids is 1. The van der Waals surface area contributed by atoms with Crippen molar-refractivity contribution >= 4 is 143 Å². The second-order valence-corrected chi connectivity index (χ2v) is 13.3. The topological polar surface area (TPSA) is 206 Å². The monoisotopic (exact) mass is 840 g/mol. The Bertz CT molecular complexity index is 2250. The van der Waals surface area contributed by atoms with E-state index in [1.807, 2.05) is 60.7 Å². The van der Waals surface area contributed by atoms with E-state index in [-0.39, 0.29) is 142 Å². The number of benzene rings is 4. The summed E-state index contributed by atoms with van der Waals surface area (Å²) in [7, 11) is 0. The summed E-state index contributed by atoms with van der Waals surface area (Å²) < 4.78 is 13.7. The first-order chi connectivity index (χ1) is 27.2. The zero-order valence-corrected chi connectivity index (χ0v) is 30.3. The zero-order chi connectivity index (χ0) is 39.4. The van der Waals surface area contributed by atoms with E-state index in [9.17, 15) is 34.2 Å². The molecule has 0 aliphatic heterocycles. The van der Waals surface area contributed by atoms with Crippen LogP contribution in [-0.2, 0) is 45.0 Å². The number of carboxylic acids is 2. The summed E-state index contributed by atoms with van der Waals surface area (Å²) >= 11 is 0. The summed E-state index contributed by atoms with van der Waals surface area (Å²) in [5.74, 6) is -5.15. The number of ether oxygens (including phenoxy) is 2. The van der Waals surface area contributed by atoms with Gasteiger partial charge in [-0.15, -0.1) is 10.2 Å². The molecule has 4 aromatic carbocycles. The Hall–Kier alpha value is -3.50. The standard InChI is InChI=1S/C41H40N6O9.2K.2H/c48-37-29-15-7-9-17-33(29)42-44-46(37)25-23-31(39(50)51)35(21-19-27-11-3-1-4-12-27)55-41(54)56-36(22-20-28-13-5-2-6-14-28)32(40(52)53)24-26-47-38(49)30-16-8-10-18-34(30)43-45-47;;;;/h1-18,31-32,35-36H,19-26H2,(H,50,51)(H,52,53);;;;/t31-,32-,35+,36+;;;;/m0..../s1. The van der Waals surface area contributed by atoms with E-state index in [4.69, 9.17) is 9.47 Å². The van der Waals surface area contributed by atoms with Crippen LogP contribution in [0.3, 0.4) is 0 Å². The molecule has 0 unspecified atom stereocenters. The SMILES string of the molecule is O=C(O[C@H](CCc1ccccc1)[C@H](CCn1nnc2ccccc2c1=O)C(=O)O)O[C@H](CCc1ccccc1)[C@H](CCn1nnc2ccccc2c1=O)C(=O)O.[KH].[KH]. The maximum atomic E-state index is 13.7. The van der Waals surface area contributed by atoms with Crippen LogP contribution in [0.25, 0.3) is 21.8 Å². The van der Waals surface area contributed by atoms with Gasteiger partial charge < -0.3 is 19.7 Å². The van der Waals surface area contributed by atoms with Crippen LogP contribution in [0.15, 0.2) is 119 Å². The molecule has 0 radical (unpaired) electrons. The van der Waals surface area contributed by atoms with Gasteiger partial charge in [-0.3, -0.25) is 19.2 Å². The van der Waals surface area contributed by atoms with Gasteiger partial charge in [0.2, 0.25) is 0 Å². The van der Waals surface area contributed by atoms with E-state index in [1.165, 1.54) is 0 Å². The molecule has 292 valence electrons. The van der Waals surface area contributed by atoms with Gasteiger partial charge in [0.1, 0.15) is 23.2 Å². The molecule has 0 saturated carbocycles. The maximum absolute atomic E-state index is 13.7. The number of aliphatic carboxylic acids is 2. The molecule has 0 bridgehead atoms. The number of fused-ring (bicyclic) bond motifs is 2. The molecule has 0 amide bonds. The van der Waals surface area contributed by atoms with Crippen LogP contribution in [0.5, 0.6) is 0 Å². The number of hydrogen-bond acceptors (Lipinski definition) is 11. The van der Waals surface area contributed by atoms with Crippen LogP contribution in [0.2, 0.25) is 0 Å². The molecule has 0 fully saturated rings. The fourth-order valence-electron chi connectivity index (χ4n) is 6.67. The third-order valence-electron chi connectivity index (χ3n) is 9.71. The third kappa shape index (κ3) is 12.8. The molecule has 4 atom stereocenters. The fraction of sp³-hybridized carbons (Fsp3) is 0.293. The Balaban J connectivity index is 0.00000372. The van der Waals surface area contributed by atoms with Gasteiger partial charge in [-0.2, -0.15) is 0 Å². The average Bonchev–Trinajstić information content (AvgIpc) is 3.21. The molecule has 0 aliphatic rings. The van der Waals surface area contributed by atoms with Crippen LogP contribution < -0.4 is 11.1 Å². The molecular formula is C41H42K2N6O9. The molecule has 2 heterocycles. The first-order valence-electron chi connectivity index (χ1n) is 18.2. The van der Waals surface area contributed by atoms with Gasteiger partial charge in [0.05, 0.1) is 22.6 Å². The molecule has 0 aliphatic carbocycles. The van der Waals surface area contributed by atoms with E-state index in [1.54, 1.807) is 48.5 Å². The molecule has 0 saturated heterocycles. The van der Waals surface area contributed by atoms with Crippen LogP contribution >= 0.6 is 0 Å². The second kappa shape index (κ2) is 23.3. The van der Waals surface area contributed by atoms with Crippen LogP contribution in [0.1, 0.15) is 36.8 Å². The number of aryl methyl sites for hydroxylation is 4. The van der Waals surface area contributed by atoms with E-state index < -0.39 is 53.3 Å². The molecule has 2 N–H and O–H groups in total. The Morgan fingerprint density at radius 3 is 1.28 bits per heavy atom. The Morgan fingerprint density at radius 2 is 0.897 bits per heavy atom. The van der Waals surface area contributed by atoms with E-state index in [0.29, 0.717) is 34.6 Å². The van der Waals surface area contributed by atoms with E-state index in [0.717, 1.165) is 20.5 Å². The predicted molar refractivity (Wildman–Crippen MR) is 218 cm³/mol. The molecule has 2 aromatic heterocycles. The summed E-state index contributed by atoms with van der Waals surface area (Å²) in [5.41, 5.74) is 1.64. The molecule has 6 rings (SSSR count). The number of aromatic nitrogens is 6. The summed E-state index contributed by atoms with van der Waals surface area (Å²) in [4.78, 5) is 65.5. The molecule has 15 nitrogen and oxygen atoms in total. The molecule has 0 spiro atoms. The van der Waals surface area contributed by atoms with Gasteiger partial charge in [0, 0.05) is 13.1 Å². The summed E-state index contributed by atoms with van der Waals surface area (Å²) in [6.45, 7) is -0.266. The van der Waals surface area contributed by atoms with Crippen molar-refractivity contribution in [1.29, 1.82) is 0 Å². The van der Waals surface area contributed by atoms with E-state index in [2.05, 4.69) is 20.6 Å². The van der Waals surface area contributed by atoms with Gasteiger partial charge in [-0.05, 0) is 73.9 Å². The summed E-state index contributed by atoms with van der Waals surface area (Å²) in [6, 6.07) is 31.8. The normalized spacial score (nSPS) is 13.0. The van der Waals surface area contributed by atoms with Gasteiger partial charge in [-0.25, -0.2) is 14.2 Å². The summed E-state index contributed by atoms with van der Waals surface area (Å²) in [6.07, 6.45) is -3.18.